The van der Waals surface area contributed by atoms with Gasteiger partial charge in [-0.05, 0) is 18.1 Å². The molecule has 3 rings (SSSR count). The molecule has 0 fully saturated rings. The summed E-state index contributed by atoms with van der Waals surface area (Å²) in [5, 5.41) is 13.5. The molecule has 6 heteroatoms. The van der Waals surface area contributed by atoms with E-state index in [1.54, 1.807) is 0 Å². The van der Waals surface area contributed by atoms with E-state index in [2.05, 4.69) is 53.7 Å². The van der Waals surface area contributed by atoms with Crippen LogP contribution in [0.5, 0.6) is 0 Å². The maximum Gasteiger partial charge on any atom is 0.272 e. The minimum Gasteiger partial charge on any atom is -0.350 e. The number of halogens is 1. The van der Waals surface area contributed by atoms with Crippen LogP contribution < -0.4 is 10.6 Å². The molecule has 130 valence electrons. The highest BCUT2D eigenvalue weighted by atomic mass is 35.5. The predicted octanol–water partition coefficient (Wildman–Crippen LogP) is 2.49. The van der Waals surface area contributed by atoms with Gasteiger partial charge in [-0.25, -0.2) is 0 Å². The third-order valence-electron chi connectivity index (χ3n) is 4.59. The van der Waals surface area contributed by atoms with Crippen molar-refractivity contribution < 1.29 is 4.79 Å². The number of aryl methyl sites for hydroxylation is 1. The lowest BCUT2D eigenvalue weighted by molar-refractivity contribution is 0.0939. The van der Waals surface area contributed by atoms with Gasteiger partial charge in [0, 0.05) is 42.7 Å². The van der Waals surface area contributed by atoms with Crippen LogP contribution in [0.1, 0.15) is 46.7 Å². The second-order valence-corrected chi connectivity index (χ2v) is 6.84. The third kappa shape index (κ3) is 3.62. The zero-order valence-electron chi connectivity index (χ0n) is 14.4. The first-order valence-corrected chi connectivity index (χ1v) is 8.10. The molecule has 24 heavy (non-hydrogen) atoms. The minimum atomic E-state index is -0.129. The zero-order valence-corrected chi connectivity index (χ0v) is 15.2. The minimum absolute atomic E-state index is 0. The lowest BCUT2D eigenvalue weighted by atomic mass is 9.82. The third-order valence-corrected chi connectivity index (χ3v) is 4.59. The molecule has 2 heterocycles. The number of hydrogen-bond donors (Lipinski definition) is 3. The van der Waals surface area contributed by atoms with E-state index in [1.165, 1.54) is 11.1 Å². The summed E-state index contributed by atoms with van der Waals surface area (Å²) in [5.74, 6) is -0.104. The Kier molecular flexibility index (Phi) is 5.67. The summed E-state index contributed by atoms with van der Waals surface area (Å²) in [6.07, 6.45) is 0.893. The highest BCUT2D eigenvalue weighted by molar-refractivity contribution is 5.94. The number of aromatic amines is 1. The number of benzene rings is 1. The first kappa shape index (κ1) is 18.5. The second kappa shape index (κ2) is 7.36. The van der Waals surface area contributed by atoms with Crippen LogP contribution in [-0.4, -0.2) is 29.2 Å². The molecule has 0 saturated carbocycles. The van der Waals surface area contributed by atoms with E-state index in [1.807, 2.05) is 12.1 Å². The van der Waals surface area contributed by atoms with Gasteiger partial charge in [-0.3, -0.25) is 9.89 Å². The van der Waals surface area contributed by atoms with Crippen LogP contribution >= 0.6 is 12.4 Å². The summed E-state index contributed by atoms with van der Waals surface area (Å²) in [7, 11) is 0. The maximum atomic E-state index is 12.5. The molecular weight excluding hydrogens is 324 g/mol. The largest absolute Gasteiger partial charge is 0.350 e. The summed E-state index contributed by atoms with van der Waals surface area (Å²) >= 11 is 0. The van der Waals surface area contributed by atoms with Crippen molar-refractivity contribution in [3.8, 4) is 0 Å². The lowest BCUT2D eigenvalue weighted by Crippen LogP contribution is -2.38. The number of amides is 1. The monoisotopic (exact) mass is 348 g/mol. The van der Waals surface area contributed by atoms with E-state index in [9.17, 15) is 4.79 Å². The van der Waals surface area contributed by atoms with Gasteiger partial charge in [-0.2, -0.15) is 5.10 Å². The highest BCUT2D eigenvalue weighted by Gasteiger charge is 2.26. The Hall–Kier alpha value is -1.85. The van der Waals surface area contributed by atoms with Crippen LogP contribution in [0.2, 0.25) is 0 Å². The van der Waals surface area contributed by atoms with E-state index in [4.69, 9.17) is 0 Å². The average Bonchev–Trinajstić information content (AvgIpc) is 2.97. The molecule has 1 aromatic heterocycles. The molecule has 0 aliphatic carbocycles. The number of nitrogens with one attached hydrogen (secondary N) is 3. The number of carbonyl (C=O) groups is 1. The molecule has 1 aliphatic rings. The fourth-order valence-corrected chi connectivity index (χ4v) is 3.23. The Balaban J connectivity index is 0.00000208. The number of carbonyl (C=O) groups excluding carboxylic acids is 1. The van der Waals surface area contributed by atoms with E-state index in [0.29, 0.717) is 18.8 Å². The van der Waals surface area contributed by atoms with E-state index >= 15 is 0 Å². The fourth-order valence-electron chi connectivity index (χ4n) is 3.23. The number of rotatable bonds is 4. The van der Waals surface area contributed by atoms with Gasteiger partial charge in [-0.15, -0.1) is 12.4 Å². The van der Waals surface area contributed by atoms with Crippen molar-refractivity contribution in [2.24, 2.45) is 0 Å². The van der Waals surface area contributed by atoms with Gasteiger partial charge in [0.25, 0.3) is 5.91 Å². The van der Waals surface area contributed by atoms with Crippen LogP contribution in [0.25, 0.3) is 0 Å². The first-order valence-electron chi connectivity index (χ1n) is 8.10. The van der Waals surface area contributed by atoms with E-state index in [-0.39, 0.29) is 23.7 Å². The molecule has 0 atom stereocenters. The van der Waals surface area contributed by atoms with Gasteiger partial charge in [0.1, 0.15) is 0 Å². The molecule has 1 aliphatic heterocycles. The number of nitrogens with zero attached hydrogens (tertiary/aromatic N) is 1. The maximum absolute atomic E-state index is 12.5. The molecule has 0 saturated heterocycles. The number of H-pyrrole nitrogens is 1. The zero-order chi connectivity index (χ0) is 16.4. The Morgan fingerprint density at radius 3 is 2.83 bits per heavy atom. The van der Waals surface area contributed by atoms with Gasteiger partial charge in [0.15, 0.2) is 5.69 Å². The second-order valence-electron chi connectivity index (χ2n) is 6.84. The molecule has 2 aromatic rings. The molecule has 1 amide bonds. The van der Waals surface area contributed by atoms with Crippen molar-refractivity contribution in [1.29, 1.82) is 0 Å². The molecule has 3 N–H and O–H groups in total. The van der Waals surface area contributed by atoms with Crippen molar-refractivity contribution in [2.45, 2.75) is 39.2 Å². The van der Waals surface area contributed by atoms with Crippen molar-refractivity contribution in [1.82, 2.24) is 20.8 Å². The standard InChI is InChI=1S/C18H24N4O.ClH/c1-12-6-4-5-7-14(12)18(2,3)11-20-17(23)16-13-10-19-9-8-15(13)21-22-16;/h4-7,19H,8-11H2,1-3H3,(H,20,23)(H,21,22);1H. The predicted molar refractivity (Wildman–Crippen MR) is 97.8 cm³/mol. The first-order chi connectivity index (χ1) is 11.0. The summed E-state index contributed by atoms with van der Waals surface area (Å²) in [5.41, 5.74) is 4.97. The Morgan fingerprint density at radius 2 is 2.08 bits per heavy atom. The molecular formula is C18H25ClN4O. The van der Waals surface area contributed by atoms with Crippen LogP contribution in [0.15, 0.2) is 24.3 Å². The fraction of sp³-hybridized carbons (Fsp3) is 0.444. The topological polar surface area (TPSA) is 69.8 Å². The number of hydrogen-bond acceptors (Lipinski definition) is 3. The van der Waals surface area contributed by atoms with E-state index in [0.717, 1.165) is 24.2 Å². The Morgan fingerprint density at radius 1 is 1.33 bits per heavy atom. The van der Waals surface area contributed by atoms with Crippen LogP contribution in [-0.2, 0) is 18.4 Å². The average molecular weight is 349 g/mol. The smallest absolute Gasteiger partial charge is 0.272 e. The normalized spacial score (nSPS) is 13.8. The molecule has 1 aromatic carbocycles. The van der Waals surface area contributed by atoms with Gasteiger partial charge in [0.05, 0.1) is 0 Å². The van der Waals surface area contributed by atoms with Crippen molar-refractivity contribution in [2.75, 3.05) is 13.1 Å². The van der Waals surface area contributed by atoms with Crippen molar-refractivity contribution >= 4 is 18.3 Å². The van der Waals surface area contributed by atoms with Crippen LogP contribution in [0, 0.1) is 6.92 Å². The summed E-state index contributed by atoms with van der Waals surface area (Å²) in [6, 6.07) is 8.31. The summed E-state index contributed by atoms with van der Waals surface area (Å²) in [6.45, 7) is 8.61. The molecule has 5 nitrogen and oxygen atoms in total. The Bertz CT molecular complexity index is 724. The number of aromatic nitrogens is 2. The van der Waals surface area contributed by atoms with Crippen LogP contribution in [0.4, 0.5) is 0 Å². The SMILES string of the molecule is Cc1ccccc1C(C)(C)CNC(=O)c1n[nH]c2c1CNCC2.Cl. The van der Waals surface area contributed by atoms with E-state index < -0.39 is 0 Å². The van der Waals surface area contributed by atoms with Gasteiger partial charge < -0.3 is 10.6 Å². The Labute approximate surface area is 149 Å². The van der Waals surface area contributed by atoms with Crippen molar-refractivity contribution in [3.63, 3.8) is 0 Å². The van der Waals surface area contributed by atoms with Gasteiger partial charge >= 0.3 is 0 Å². The van der Waals surface area contributed by atoms with Crippen LogP contribution in [0.3, 0.4) is 0 Å². The lowest BCUT2D eigenvalue weighted by Gasteiger charge is -2.27. The van der Waals surface area contributed by atoms with Gasteiger partial charge in [0.2, 0.25) is 0 Å². The molecule has 0 radical (unpaired) electrons. The highest BCUT2D eigenvalue weighted by Crippen LogP contribution is 2.25. The summed E-state index contributed by atoms with van der Waals surface area (Å²) in [4.78, 5) is 12.5. The molecule has 0 bridgehead atoms. The summed E-state index contributed by atoms with van der Waals surface area (Å²) < 4.78 is 0. The quantitative estimate of drug-likeness (QED) is 0.795. The van der Waals surface area contributed by atoms with Gasteiger partial charge in [-0.1, -0.05) is 38.1 Å². The number of fused-ring (bicyclic) bond motifs is 1. The molecule has 0 spiro atoms. The molecule has 0 unspecified atom stereocenters. The van der Waals surface area contributed by atoms with Crippen molar-refractivity contribution in [3.05, 3.63) is 52.3 Å².